The molecule has 4 nitrogen and oxygen atoms in total. The molecule has 1 saturated heterocycles. The van der Waals surface area contributed by atoms with E-state index in [0.29, 0.717) is 6.04 Å². The summed E-state index contributed by atoms with van der Waals surface area (Å²) in [5.41, 5.74) is 0. The average molecular weight is 269 g/mol. The van der Waals surface area contributed by atoms with Crippen LogP contribution in [0.3, 0.4) is 0 Å². The van der Waals surface area contributed by atoms with Crippen LogP contribution in [0.2, 0.25) is 0 Å². The fraction of sp³-hybridized carbons (Fsp3) is 0.615. The molecule has 0 aliphatic carbocycles. The number of rotatable bonds is 4. The quantitative estimate of drug-likeness (QED) is 0.786. The summed E-state index contributed by atoms with van der Waals surface area (Å²) in [6.07, 6.45) is 1.22. The van der Waals surface area contributed by atoms with Crippen molar-refractivity contribution in [1.82, 2.24) is 4.90 Å². The molecule has 1 fully saturated rings. The SMILES string of the molecule is COC(=O)c1ccc(C(C)N(C)C2CCSC2)o1. The number of hydrogen-bond acceptors (Lipinski definition) is 5. The zero-order valence-electron chi connectivity index (χ0n) is 11.0. The van der Waals surface area contributed by atoms with E-state index in [9.17, 15) is 4.79 Å². The van der Waals surface area contributed by atoms with Gasteiger partial charge in [0.05, 0.1) is 13.2 Å². The summed E-state index contributed by atoms with van der Waals surface area (Å²) in [6, 6.07) is 4.30. The molecular weight excluding hydrogens is 250 g/mol. The molecular formula is C13H19NO3S. The second-order valence-electron chi connectivity index (χ2n) is 4.55. The molecule has 5 heteroatoms. The Morgan fingerprint density at radius 1 is 1.61 bits per heavy atom. The van der Waals surface area contributed by atoms with Crippen molar-refractivity contribution in [3.63, 3.8) is 0 Å². The van der Waals surface area contributed by atoms with Gasteiger partial charge in [-0.25, -0.2) is 4.79 Å². The van der Waals surface area contributed by atoms with Gasteiger partial charge >= 0.3 is 5.97 Å². The second-order valence-corrected chi connectivity index (χ2v) is 5.70. The van der Waals surface area contributed by atoms with Crippen LogP contribution in [0.15, 0.2) is 16.5 Å². The largest absolute Gasteiger partial charge is 0.463 e. The summed E-state index contributed by atoms with van der Waals surface area (Å²) in [4.78, 5) is 13.7. The number of carbonyl (C=O) groups is 1. The highest BCUT2D eigenvalue weighted by Crippen LogP contribution is 2.29. The van der Waals surface area contributed by atoms with E-state index in [-0.39, 0.29) is 11.8 Å². The van der Waals surface area contributed by atoms with Gasteiger partial charge in [0.25, 0.3) is 0 Å². The van der Waals surface area contributed by atoms with Crippen LogP contribution >= 0.6 is 11.8 Å². The molecule has 1 aromatic heterocycles. The standard InChI is InChI=1S/C13H19NO3S/c1-9(14(2)10-6-7-18-8-10)11-4-5-12(17-11)13(15)16-3/h4-5,9-10H,6-8H2,1-3H3. The van der Waals surface area contributed by atoms with Crippen LogP contribution in [0.4, 0.5) is 0 Å². The normalized spacial score (nSPS) is 21.2. The highest BCUT2D eigenvalue weighted by atomic mass is 32.2. The van der Waals surface area contributed by atoms with E-state index in [1.165, 1.54) is 25.0 Å². The monoisotopic (exact) mass is 269 g/mol. The van der Waals surface area contributed by atoms with Crippen LogP contribution in [0.5, 0.6) is 0 Å². The van der Waals surface area contributed by atoms with Gasteiger partial charge in [-0.1, -0.05) is 0 Å². The van der Waals surface area contributed by atoms with Crippen molar-refractivity contribution in [3.05, 3.63) is 23.7 Å². The van der Waals surface area contributed by atoms with Crippen molar-refractivity contribution in [2.45, 2.75) is 25.4 Å². The predicted octanol–water partition coefficient (Wildman–Crippen LogP) is 2.56. The molecule has 0 saturated carbocycles. The van der Waals surface area contributed by atoms with E-state index < -0.39 is 5.97 Å². The molecule has 1 aliphatic heterocycles. The van der Waals surface area contributed by atoms with Crippen LogP contribution in [0.1, 0.15) is 35.7 Å². The highest BCUT2D eigenvalue weighted by Gasteiger charge is 2.26. The van der Waals surface area contributed by atoms with E-state index in [1.54, 1.807) is 6.07 Å². The van der Waals surface area contributed by atoms with Crippen LogP contribution in [0.25, 0.3) is 0 Å². The van der Waals surface area contributed by atoms with Crippen molar-refractivity contribution in [2.75, 3.05) is 25.7 Å². The fourth-order valence-corrected chi connectivity index (χ4v) is 3.43. The lowest BCUT2D eigenvalue weighted by Gasteiger charge is -2.28. The summed E-state index contributed by atoms with van der Waals surface area (Å²) in [7, 11) is 3.47. The lowest BCUT2D eigenvalue weighted by molar-refractivity contribution is 0.0558. The number of furan rings is 1. The van der Waals surface area contributed by atoms with E-state index >= 15 is 0 Å². The van der Waals surface area contributed by atoms with Gasteiger partial charge in [0.2, 0.25) is 5.76 Å². The maximum atomic E-state index is 11.3. The average Bonchev–Trinajstić information content (AvgIpc) is 3.06. The first-order valence-corrected chi connectivity index (χ1v) is 7.26. The van der Waals surface area contributed by atoms with Gasteiger partial charge in [0.1, 0.15) is 5.76 Å². The van der Waals surface area contributed by atoms with Crippen molar-refractivity contribution >= 4 is 17.7 Å². The Balaban J connectivity index is 2.05. The number of hydrogen-bond donors (Lipinski definition) is 0. The second kappa shape index (κ2) is 5.80. The summed E-state index contributed by atoms with van der Waals surface area (Å²) in [5, 5.41) is 0. The molecule has 0 radical (unpaired) electrons. The van der Waals surface area contributed by atoms with Gasteiger partial charge < -0.3 is 9.15 Å². The molecule has 1 aliphatic rings. The Kier molecular flexibility index (Phi) is 4.35. The minimum atomic E-state index is -0.424. The molecule has 100 valence electrons. The molecule has 18 heavy (non-hydrogen) atoms. The molecule has 0 amide bonds. The fourth-order valence-electron chi connectivity index (χ4n) is 2.15. The van der Waals surface area contributed by atoms with Crippen LogP contribution in [0, 0.1) is 0 Å². The van der Waals surface area contributed by atoms with Gasteiger partial charge in [-0.3, -0.25) is 4.90 Å². The molecule has 0 spiro atoms. The maximum Gasteiger partial charge on any atom is 0.373 e. The Morgan fingerprint density at radius 3 is 3.00 bits per heavy atom. The third-order valence-corrected chi connectivity index (χ3v) is 4.66. The Morgan fingerprint density at radius 2 is 2.39 bits per heavy atom. The Labute approximate surface area is 112 Å². The van der Waals surface area contributed by atoms with Crippen molar-refractivity contribution in [2.24, 2.45) is 0 Å². The van der Waals surface area contributed by atoms with Gasteiger partial charge in [-0.15, -0.1) is 0 Å². The van der Waals surface area contributed by atoms with Gasteiger partial charge in [-0.05, 0) is 38.3 Å². The highest BCUT2D eigenvalue weighted by molar-refractivity contribution is 7.99. The number of nitrogens with zero attached hydrogens (tertiary/aromatic N) is 1. The topological polar surface area (TPSA) is 42.7 Å². The first-order chi connectivity index (χ1) is 8.63. The zero-order valence-corrected chi connectivity index (χ0v) is 11.8. The number of ether oxygens (including phenoxy) is 1. The van der Waals surface area contributed by atoms with E-state index in [2.05, 4.69) is 23.6 Å². The molecule has 2 atom stereocenters. The van der Waals surface area contributed by atoms with Crippen molar-refractivity contribution < 1.29 is 13.9 Å². The summed E-state index contributed by atoms with van der Waals surface area (Å²) in [6.45, 7) is 2.10. The van der Waals surface area contributed by atoms with E-state index in [1.807, 2.05) is 17.8 Å². The van der Waals surface area contributed by atoms with Crippen molar-refractivity contribution in [3.8, 4) is 0 Å². The van der Waals surface area contributed by atoms with Crippen molar-refractivity contribution in [1.29, 1.82) is 0 Å². The van der Waals surface area contributed by atoms with Gasteiger partial charge in [0, 0.05) is 11.8 Å². The first kappa shape index (κ1) is 13.5. The molecule has 2 rings (SSSR count). The zero-order chi connectivity index (χ0) is 13.1. The smallest absolute Gasteiger partial charge is 0.373 e. The number of thioether (sulfide) groups is 1. The van der Waals surface area contributed by atoms with Gasteiger partial charge in [0.15, 0.2) is 0 Å². The number of methoxy groups -OCH3 is 1. The Bertz CT molecular complexity index is 412. The van der Waals surface area contributed by atoms with Crippen LogP contribution < -0.4 is 0 Å². The minimum Gasteiger partial charge on any atom is -0.463 e. The summed E-state index contributed by atoms with van der Waals surface area (Å²) >= 11 is 1.99. The number of carbonyl (C=O) groups excluding carboxylic acids is 1. The molecule has 2 heterocycles. The third-order valence-electron chi connectivity index (χ3n) is 3.52. The maximum absolute atomic E-state index is 11.3. The molecule has 0 aromatic carbocycles. The Hall–Kier alpha value is -0.940. The lowest BCUT2D eigenvalue weighted by atomic mass is 10.1. The molecule has 0 N–H and O–H groups in total. The van der Waals surface area contributed by atoms with Crippen LogP contribution in [-0.2, 0) is 4.74 Å². The summed E-state index contributed by atoms with van der Waals surface area (Å²) in [5.74, 6) is 3.06. The van der Waals surface area contributed by atoms with Crippen LogP contribution in [-0.4, -0.2) is 42.6 Å². The molecule has 1 aromatic rings. The molecule has 0 bridgehead atoms. The minimum absolute atomic E-state index is 0.173. The number of esters is 1. The molecule has 2 unspecified atom stereocenters. The summed E-state index contributed by atoms with van der Waals surface area (Å²) < 4.78 is 10.2. The first-order valence-electron chi connectivity index (χ1n) is 6.11. The predicted molar refractivity (Wildman–Crippen MR) is 72.0 cm³/mol. The van der Waals surface area contributed by atoms with E-state index in [4.69, 9.17) is 4.42 Å². The third kappa shape index (κ3) is 2.72. The van der Waals surface area contributed by atoms with E-state index in [0.717, 1.165) is 5.76 Å². The lowest BCUT2D eigenvalue weighted by Crippen LogP contribution is -2.33. The van der Waals surface area contributed by atoms with Gasteiger partial charge in [-0.2, -0.15) is 11.8 Å².